The third kappa shape index (κ3) is 3.74. The monoisotopic (exact) mass is 358 g/mol. The molecular formula is C21H30N2O3. The van der Waals surface area contributed by atoms with Gasteiger partial charge in [0.15, 0.2) is 0 Å². The van der Waals surface area contributed by atoms with Gasteiger partial charge >= 0.3 is 6.03 Å². The summed E-state index contributed by atoms with van der Waals surface area (Å²) in [6.45, 7) is 5.46. The summed E-state index contributed by atoms with van der Waals surface area (Å²) in [5, 5.41) is 3.19. The van der Waals surface area contributed by atoms with Crippen LogP contribution >= 0.6 is 0 Å². The summed E-state index contributed by atoms with van der Waals surface area (Å²) in [4.78, 5) is 14.7. The van der Waals surface area contributed by atoms with Crippen molar-refractivity contribution >= 4 is 6.03 Å². The van der Waals surface area contributed by atoms with Crippen LogP contribution in [0.25, 0.3) is 0 Å². The molecule has 1 atom stereocenters. The average Bonchev–Trinajstić information content (AvgIpc) is 2.68. The Morgan fingerprint density at radius 3 is 2.73 bits per heavy atom. The van der Waals surface area contributed by atoms with Crippen LogP contribution in [-0.2, 0) is 22.3 Å². The number of rotatable bonds is 2. The minimum absolute atomic E-state index is 0.0169. The topological polar surface area (TPSA) is 50.8 Å². The van der Waals surface area contributed by atoms with Gasteiger partial charge in [0.05, 0.1) is 24.8 Å². The molecule has 0 bridgehead atoms. The second-order valence-electron chi connectivity index (χ2n) is 7.97. The van der Waals surface area contributed by atoms with Gasteiger partial charge in [0.1, 0.15) is 0 Å². The summed E-state index contributed by atoms with van der Waals surface area (Å²) < 4.78 is 11.5. The molecule has 1 spiro atoms. The van der Waals surface area contributed by atoms with E-state index in [1.54, 1.807) is 0 Å². The summed E-state index contributed by atoms with van der Waals surface area (Å²) in [6, 6.07) is 6.75. The molecule has 2 heterocycles. The lowest BCUT2D eigenvalue weighted by atomic mass is 9.89. The molecule has 0 aromatic heterocycles. The number of urea groups is 1. The quantitative estimate of drug-likeness (QED) is 0.883. The molecule has 3 aliphatic rings. The number of nitrogens with one attached hydrogen (secondary N) is 1. The molecule has 1 N–H and O–H groups in total. The number of aryl methyl sites for hydroxylation is 2. The first-order chi connectivity index (χ1) is 12.7. The molecule has 4 rings (SSSR count). The fourth-order valence-electron chi connectivity index (χ4n) is 4.45. The standard InChI is InChI=1S/C21H30N2O3/c1-16(18-7-6-17-4-2-3-5-19(17)14-18)22-20(24)23-10-13-26-21(15-23)8-11-25-12-9-21/h6-7,14,16H,2-5,8-13,15H2,1H3,(H,22,24). The van der Waals surface area contributed by atoms with E-state index in [-0.39, 0.29) is 17.7 Å². The van der Waals surface area contributed by atoms with Crippen LogP contribution in [0.5, 0.6) is 0 Å². The van der Waals surface area contributed by atoms with Crippen molar-refractivity contribution in [2.24, 2.45) is 0 Å². The Kier molecular flexibility index (Phi) is 5.18. The molecule has 2 fully saturated rings. The van der Waals surface area contributed by atoms with E-state index in [0.717, 1.165) is 32.5 Å². The number of ether oxygens (including phenoxy) is 2. The number of amides is 2. The Morgan fingerprint density at radius 2 is 1.92 bits per heavy atom. The highest BCUT2D eigenvalue weighted by Crippen LogP contribution is 2.29. The zero-order valence-electron chi connectivity index (χ0n) is 15.8. The summed E-state index contributed by atoms with van der Waals surface area (Å²) in [5.74, 6) is 0. The Balaban J connectivity index is 1.39. The molecule has 5 nitrogen and oxygen atoms in total. The van der Waals surface area contributed by atoms with Gasteiger partial charge in [-0.15, -0.1) is 0 Å². The molecule has 1 aliphatic carbocycles. The number of carbonyl (C=O) groups excluding carboxylic acids is 1. The van der Waals surface area contributed by atoms with Crippen LogP contribution in [0.2, 0.25) is 0 Å². The molecule has 142 valence electrons. The first kappa shape index (κ1) is 17.8. The smallest absolute Gasteiger partial charge is 0.318 e. The highest BCUT2D eigenvalue weighted by Gasteiger charge is 2.39. The molecule has 5 heteroatoms. The largest absolute Gasteiger partial charge is 0.381 e. The maximum absolute atomic E-state index is 12.8. The number of hydrogen-bond acceptors (Lipinski definition) is 3. The fourth-order valence-corrected chi connectivity index (χ4v) is 4.45. The van der Waals surface area contributed by atoms with Gasteiger partial charge in [0, 0.05) is 32.6 Å². The van der Waals surface area contributed by atoms with Crippen LogP contribution in [0.15, 0.2) is 18.2 Å². The summed E-state index contributed by atoms with van der Waals surface area (Å²) >= 11 is 0. The molecule has 2 aliphatic heterocycles. The fraction of sp³-hybridized carbons (Fsp3) is 0.667. The van der Waals surface area contributed by atoms with E-state index < -0.39 is 0 Å². The molecule has 1 aromatic carbocycles. The zero-order valence-corrected chi connectivity index (χ0v) is 15.8. The van der Waals surface area contributed by atoms with Gasteiger partial charge in [-0.25, -0.2) is 4.79 Å². The van der Waals surface area contributed by atoms with E-state index in [1.165, 1.54) is 36.0 Å². The SMILES string of the molecule is CC(NC(=O)N1CCOC2(CCOCC2)C1)c1ccc2c(c1)CCCC2. The van der Waals surface area contributed by atoms with Crippen molar-refractivity contribution in [2.75, 3.05) is 32.9 Å². The van der Waals surface area contributed by atoms with Crippen LogP contribution in [0.3, 0.4) is 0 Å². The third-order valence-electron chi connectivity index (χ3n) is 6.15. The lowest BCUT2D eigenvalue weighted by Gasteiger charge is -2.44. The van der Waals surface area contributed by atoms with Crippen molar-refractivity contribution < 1.29 is 14.3 Å². The predicted molar refractivity (Wildman–Crippen MR) is 100 cm³/mol. The number of carbonyl (C=O) groups is 1. The van der Waals surface area contributed by atoms with Gasteiger partial charge < -0.3 is 19.7 Å². The molecule has 0 radical (unpaired) electrons. The molecule has 0 saturated carbocycles. The number of benzene rings is 1. The third-order valence-corrected chi connectivity index (χ3v) is 6.15. The maximum atomic E-state index is 12.8. The second kappa shape index (κ2) is 7.57. The highest BCUT2D eigenvalue weighted by molar-refractivity contribution is 5.75. The van der Waals surface area contributed by atoms with Crippen molar-refractivity contribution in [2.45, 2.75) is 57.1 Å². The van der Waals surface area contributed by atoms with Crippen molar-refractivity contribution in [1.82, 2.24) is 10.2 Å². The van der Waals surface area contributed by atoms with Crippen LogP contribution in [0.4, 0.5) is 4.79 Å². The number of fused-ring (bicyclic) bond motifs is 1. The first-order valence-electron chi connectivity index (χ1n) is 10.0. The number of morpholine rings is 1. The van der Waals surface area contributed by atoms with Crippen LogP contribution in [0, 0.1) is 0 Å². The molecule has 2 amide bonds. The molecule has 2 saturated heterocycles. The van der Waals surface area contributed by atoms with Crippen LogP contribution in [0.1, 0.15) is 55.3 Å². The maximum Gasteiger partial charge on any atom is 0.318 e. The Labute approximate surface area is 156 Å². The summed E-state index contributed by atoms with van der Waals surface area (Å²) in [7, 11) is 0. The molecule has 26 heavy (non-hydrogen) atoms. The van der Waals surface area contributed by atoms with Gasteiger partial charge in [-0.05, 0) is 49.3 Å². The molecule has 1 aromatic rings. The molecular weight excluding hydrogens is 328 g/mol. The van der Waals surface area contributed by atoms with Crippen molar-refractivity contribution in [3.05, 3.63) is 34.9 Å². The number of hydrogen-bond donors (Lipinski definition) is 1. The van der Waals surface area contributed by atoms with E-state index in [0.29, 0.717) is 19.7 Å². The highest BCUT2D eigenvalue weighted by atomic mass is 16.5. The predicted octanol–water partition coefficient (Wildman–Crippen LogP) is 3.22. The lowest BCUT2D eigenvalue weighted by molar-refractivity contribution is -0.145. The van der Waals surface area contributed by atoms with E-state index in [1.807, 2.05) is 4.90 Å². The van der Waals surface area contributed by atoms with Gasteiger partial charge in [-0.3, -0.25) is 0 Å². The number of nitrogens with zero attached hydrogens (tertiary/aromatic N) is 1. The molecule has 1 unspecified atom stereocenters. The van der Waals surface area contributed by atoms with Gasteiger partial charge in [-0.1, -0.05) is 18.2 Å². The van der Waals surface area contributed by atoms with Crippen LogP contribution < -0.4 is 5.32 Å². The zero-order chi connectivity index (χ0) is 18.0. The van der Waals surface area contributed by atoms with E-state index in [4.69, 9.17) is 9.47 Å². The summed E-state index contributed by atoms with van der Waals surface area (Å²) in [5.41, 5.74) is 3.94. The van der Waals surface area contributed by atoms with E-state index in [9.17, 15) is 4.79 Å². The Hall–Kier alpha value is -1.59. The normalized spacial score (nSPS) is 23.3. The van der Waals surface area contributed by atoms with Crippen LogP contribution in [-0.4, -0.2) is 49.4 Å². The first-order valence-corrected chi connectivity index (χ1v) is 10.0. The van der Waals surface area contributed by atoms with E-state index in [2.05, 4.69) is 30.4 Å². The minimum atomic E-state index is -0.205. The van der Waals surface area contributed by atoms with Gasteiger partial charge in [0.2, 0.25) is 0 Å². The average molecular weight is 358 g/mol. The Morgan fingerprint density at radius 1 is 1.15 bits per heavy atom. The lowest BCUT2D eigenvalue weighted by Crippen LogP contribution is -2.57. The Bertz CT molecular complexity index is 649. The van der Waals surface area contributed by atoms with Crippen molar-refractivity contribution in [3.8, 4) is 0 Å². The second-order valence-corrected chi connectivity index (χ2v) is 7.97. The minimum Gasteiger partial charge on any atom is -0.381 e. The van der Waals surface area contributed by atoms with Gasteiger partial charge in [-0.2, -0.15) is 0 Å². The summed E-state index contributed by atoms with van der Waals surface area (Å²) in [6.07, 6.45) is 6.67. The van der Waals surface area contributed by atoms with Gasteiger partial charge in [0.25, 0.3) is 0 Å². The van der Waals surface area contributed by atoms with Crippen molar-refractivity contribution in [1.29, 1.82) is 0 Å². The van der Waals surface area contributed by atoms with Crippen molar-refractivity contribution in [3.63, 3.8) is 0 Å². The van der Waals surface area contributed by atoms with E-state index >= 15 is 0 Å².